The SMILES string of the molecule is CCCCC[C@@H](O)CC(=O)CCc1ccc(O)c(OCN2C=C3C(Cc4cccc([C@H](N)NCCc5ccccc5)c4)=CN=C3C2)c1. The van der Waals surface area contributed by atoms with Crippen LogP contribution in [-0.4, -0.2) is 52.5 Å². The van der Waals surface area contributed by atoms with E-state index in [0.29, 0.717) is 31.6 Å². The lowest BCUT2D eigenvalue weighted by Gasteiger charge is -2.17. The standard InChI is InChI=1S/C39H48N4O4/c1-2-3-5-13-33(44)23-34(45)16-14-29-15-17-37(46)38(22-29)47-27-43-25-35-32(24-42-36(35)26-43)21-30-11-8-12-31(20-30)39(40)41-19-18-28-9-6-4-7-10-28/h4,6-12,15,17,20,22,24-25,33,39,41,44,46H,2-3,5,13-14,16,18-19,21,23,26-27,40H2,1H3/t33-,39-/m1/s1. The minimum Gasteiger partial charge on any atom is -0.504 e. The molecule has 0 aromatic heterocycles. The van der Waals surface area contributed by atoms with Crippen LogP contribution in [0.5, 0.6) is 11.5 Å². The number of ketones is 1. The number of rotatable bonds is 19. The summed E-state index contributed by atoms with van der Waals surface area (Å²) in [6.07, 6.45) is 9.73. The smallest absolute Gasteiger partial charge is 0.163 e. The first-order valence-corrected chi connectivity index (χ1v) is 16.9. The molecule has 8 heteroatoms. The molecule has 5 rings (SSSR count). The Balaban J connectivity index is 1.09. The second-order valence-corrected chi connectivity index (χ2v) is 12.6. The van der Waals surface area contributed by atoms with Crippen molar-refractivity contribution in [1.82, 2.24) is 10.2 Å². The number of aromatic hydroxyl groups is 1. The monoisotopic (exact) mass is 636 g/mol. The largest absolute Gasteiger partial charge is 0.504 e. The molecule has 0 aliphatic carbocycles. The zero-order valence-corrected chi connectivity index (χ0v) is 27.4. The molecule has 0 unspecified atom stereocenters. The molecule has 3 aromatic rings. The summed E-state index contributed by atoms with van der Waals surface area (Å²) in [6, 6.07) is 24.0. The van der Waals surface area contributed by atoms with Gasteiger partial charge in [-0.25, -0.2) is 0 Å². The van der Waals surface area contributed by atoms with Gasteiger partial charge in [0.15, 0.2) is 18.2 Å². The Hall–Kier alpha value is -4.24. The van der Waals surface area contributed by atoms with Crippen LogP contribution < -0.4 is 15.8 Å². The van der Waals surface area contributed by atoms with E-state index < -0.39 is 6.10 Å². The predicted molar refractivity (Wildman–Crippen MR) is 187 cm³/mol. The fraction of sp³-hybridized carbons (Fsp3) is 0.385. The van der Waals surface area contributed by atoms with E-state index in [1.54, 1.807) is 12.1 Å². The van der Waals surface area contributed by atoms with Gasteiger partial charge in [0.2, 0.25) is 0 Å². The van der Waals surface area contributed by atoms with E-state index in [1.807, 2.05) is 23.2 Å². The fourth-order valence-electron chi connectivity index (χ4n) is 6.02. The maximum Gasteiger partial charge on any atom is 0.163 e. The number of phenolic OH excluding ortho intramolecular Hbond substituents is 1. The molecule has 2 heterocycles. The first-order chi connectivity index (χ1) is 22.9. The lowest BCUT2D eigenvalue weighted by molar-refractivity contribution is -0.121. The van der Waals surface area contributed by atoms with Crippen molar-refractivity contribution in [3.8, 4) is 11.5 Å². The summed E-state index contributed by atoms with van der Waals surface area (Å²) in [5.74, 6) is 0.492. The molecule has 0 amide bonds. The molecule has 3 aromatic carbocycles. The number of nitrogens with two attached hydrogens (primary N) is 1. The zero-order chi connectivity index (χ0) is 33.0. The summed E-state index contributed by atoms with van der Waals surface area (Å²) in [5, 5.41) is 24.0. The normalized spacial score (nSPS) is 15.1. The van der Waals surface area contributed by atoms with E-state index >= 15 is 0 Å². The molecule has 5 N–H and O–H groups in total. The zero-order valence-electron chi connectivity index (χ0n) is 27.4. The Kier molecular flexibility index (Phi) is 12.4. The Morgan fingerprint density at radius 3 is 2.68 bits per heavy atom. The number of carbonyl (C=O) groups excluding carboxylic acids is 1. The van der Waals surface area contributed by atoms with E-state index in [1.165, 1.54) is 11.1 Å². The van der Waals surface area contributed by atoms with Crippen molar-refractivity contribution in [3.63, 3.8) is 0 Å². The fourth-order valence-corrected chi connectivity index (χ4v) is 6.02. The molecule has 0 radical (unpaired) electrons. The van der Waals surface area contributed by atoms with Crippen LogP contribution in [-0.2, 0) is 24.1 Å². The number of aryl methyl sites for hydroxylation is 1. The summed E-state index contributed by atoms with van der Waals surface area (Å²) in [4.78, 5) is 19.1. The van der Waals surface area contributed by atoms with Crippen LogP contribution in [0.3, 0.4) is 0 Å². The second kappa shape index (κ2) is 17.1. The van der Waals surface area contributed by atoms with E-state index in [4.69, 9.17) is 10.5 Å². The van der Waals surface area contributed by atoms with Crippen LogP contribution in [0.2, 0.25) is 0 Å². The minimum atomic E-state index is -0.567. The number of phenols is 1. The lowest BCUT2D eigenvalue weighted by Crippen LogP contribution is -2.30. The first-order valence-electron chi connectivity index (χ1n) is 16.9. The van der Waals surface area contributed by atoms with Gasteiger partial charge in [0.25, 0.3) is 0 Å². The third kappa shape index (κ3) is 10.1. The molecule has 2 aliphatic rings. The molecule has 47 heavy (non-hydrogen) atoms. The van der Waals surface area contributed by atoms with E-state index in [9.17, 15) is 15.0 Å². The Labute approximate surface area is 278 Å². The molecular formula is C39H48N4O4. The van der Waals surface area contributed by atoms with Gasteiger partial charge in [-0.2, -0.15) is 0 Å². The van der Waals surface area contributed by atoms with Gasteiger partial charge >= 0.3 is 0 Å². The highest BCUT2D eigenvalue weighted by atomic mass is 16.5. The number of fused-ring (bicyclic) bond motifs is 1. The molecule has 8 nitrogen and oxygen atoms in total. The van der Waals surface area contributed by atoms with Gasteiger partial charge in [-0.05, 0) is 65.6 Å². The van der Waals surface area contributed by atoms with Crippen molar-refractivity contribution in [2.45, 2.75) is 77.0 Å². The van der Waals surface area contributed by atoms with Gasteiger partial charge in [-0.15, -0.1) is 0 Å². The number of ether oxygens (including phenoxy) is 1. The molecule has 0 spiro atoms. The van der Waals surface area contributed by atoms with Gasteiger partial charge in [0.1, 0.15) is 5.78 Å². The van der Waals surface area contributed by atoms with Crippen LogP contribution in [0.1, 0.15) is 73.9 Å². The van der Waals surface area contributed by atoms with E-state index in [0.717, 1.165) is 66.6 Å². The van der Waals surface area contributed by atoms with Crippen LogP contribution >= 0.6 is 0 Å². The summed E-state index contributed by atoms with van der Waals surface area (Å²) in [7, 11) is 0. The minimum absolute atomic E-state index is 0.0504. The third-order valence-corrected chi connectivity index (χ3v) is 8.73. The average Bonchev–Trinajstić information content (AvgIpc) is 3.65. The maximum atomic E-state index is 12.4. The lowest BCUT2D eigenvalue weighted by atomic mass is 9.97. The number of hydrogen-bond donors (Lipinski definition) is 4. The molecular weight excluding hydrogens is 588 g/mol. The highest BCUT2D eigenvalue weighted by Crippen LogP contribution is 2.31. The van der Waals surface area contributed by atoms with Gasteiger partial charge in [-0.3, -0.25) is 15.1 Å². The highest BCUT2D eigenvalue weighted by molar-refractivity contribution is 6.09. The van der Waals surface area contributed by atoms with Crippen LogP contribution in [0, 0.1) is 0 Å². The van der Waals surface area contributed by atoms with E-state index in [-0.39, 0.29) is 30.9 Å². The number of aliphatic hydroxyl groups excluding tert-OH is 1. The Morgan fingerprint density at radius 2 is 1.85 bits per heavy atom. The summed E-state index contributed by atoms with van der Waals surface area (Å²) in [6.45, 7) is 3.81. The number of benzene rings is 3. The van der Waals surface area contributed by atoms with Crippen molar-refractivity contribution >= 4 is 11.5 Å². The molecule has 0 bridgehead atoms. The highest BCUT2D eigenvalue weighted by Gasteiger charge is 2.26. The number of allylic oxidation sites excluding steroid dienone is 1. The third-order valence-electron chi connectivity index (χ3n) is 8.73. The summed E-state index contributed by atoms with van der Waals surface area (Å²) >= 11 is 0. The molecule has 2 aliphatic heterocycles. The molecule has 0 fully saturated rings. The second-order valence-electron chi connectivity index (χ2n) is 12.6. The number of hydrogen-bond acceptors (Lipinski definition) is 8. The van der Waals surface area contributed by atoms with Crippen molar-refractivity contribution in [2.24, 2.45) is 10.7 Å². The maximum absolute atomic E-state index is 12.4. The van der Waals surface area contributed by atoms with Crippen molar-refractivity contribution in [1.29, 1.82) is 0 Å². The topological polar surface area (TPSA) is 120 Å². The number of carbonyl (C=O) groups is 1. The number of unbranched alkanes of at least 4 members (excludes halogenated alkanes) is 2. The molecule has 0 saturated heterocycles. The van der Waals surface area contributed by atoms with Crippen LogP contribution in [0.4, 0.5) is 0 Å². The number of nitrogens with zero attached hydrogens (tertiary/aromatic N) is 2. The Bertz CT molecular complexity index is 1580. The number of aliphatic imine (C=N–C) groups is 1. The van der Waals surface area contributed by atoms with Crippen LogP contribution in [0.25, 0.3) is 0 Å². The van der Waals surface area contributed by atoms with Crippen LogP contribution in [0.15, 0.2) is 101 Å². The molecule has 248 valence electrons. The van der Waals surface area contributed by atoms with Gasteiger partial charge in [0.05, 0.1) is 24.5 Å². The quantitative estimate of drug-likeness (QED) is 0.0923. The first kappa shape index (κ1) is 34.1. The number of Topliss-reactive ketones (excluding diaryl/α,β-unsaturated/α-hetero) is 1. The van der Waals surface area contributed by atoms with Crippen molar-refractivity contribution < 1.29 is 19.7 Å². The molecule has 2 atom stereocenters. The summed E-state index contributed by atoms with van der Waals surface area (Å²) in [5.41, 5.74) is 14.2. The Morgan fingerprint density at radius 1 is 1.02 bits per heavy atom. The average molecular weight is 637 g/mol. The van der Waals surface area contributed by atoms with Gasteiger partial charge in [0, 0.05) is 37.4 Å². The predicted octanol–water partition coefficient (Wildman–Crippen LogP) is 6.13. The van der Waals surface area contributed by atoms with Crippen molar-refractivity contribution in [2.75, 3.05) is 19.8 Å². The van der Waals surface area contributed by atoms with Gasteiger partial charge in [-0.1, -0.05) is 86.8 Å². The van der Waals surface area contributed by atoms with Gasteiger partial charge < -0.3 is 25.6 Å². The van der Waals surface area contributed by atoms with E-state index in [2.05, 4.69) is 72.0 Å². The number of aliphatic hydroxyl groups is 1. The number of nitrogens with one attached hydrogen (secondary N) is 1. The summed E-state index contributed by atoms with van der Waals surface area (Å²) < 4.78 is 6.02. The molecule has 0 saturated carbocycles. The van der Waals surface area contributed by atoms with Crippen molar-refractivity contribution in [3.05, 3.63) is 119 Å².